The Bertz CT molecular complexity index is 899. The van der Waals surface area contributed by atoms with Gasteiger partial charge in [-0.1, -0.05) is 18.2 Å². The van der Waals surface area contributed by atoms with Crippen molar-refractivity contribution in [3.05, 3.63) is 58.7 Å². The van der Waals surface area contributed by atoms with E-state index < -0.39 is 0 Å². The number of hydrazone groups is 1. The number of amides is 1. The molecule has 1 amide bonds. The molecule has 3 aromatic rings. The molecular weight excluding hydrogens is 320 g/mol. The van der Waals surface area contributed by atoms with Gasteiger partial charge < -0.3 is 0 Å². The first kappa shape index (κ1) is 15.0. The minimum Gasteiger partial charge on any atom is -0.273 e. The number of hydrogen-bond donors (Lipinski definition) is 0. The molecule has 1 fully saturated rings. The predicted octanol–water partition coefficient (Wildman–Crippen LogP) is 3.26. The SMILES string of the molecule is O=C1CCCN1/N=C(/Cc1ccnc2ccccc12)c1nccs1. The molecule has 0 saturated carbocycles. The van der Waals surface area contributed by atoms with Crippen LogP contribution < -0.4 is 0 Å². The van der Waals surface area contributed by atoms with Crippen molar-refractivity contribution in [1.82, 2.24) is 15.0 Å². The van der Waals surface area contributed by atoms with Gasteiger partial charge in [-0.3, -0.25) is 9.78 Å². The Morgan fingerprint density at radius 1 is 1.21 bits per heavy atom. The van der Waals surface area contributed by atoms with E-state index in [1.54, 1.807) is 22.5 Å². The number of pyridine rings is 1. The topological polar surface area (TPSA) is 58.5 Å². The van der Waals surface area contributed by atoms with Gasteiger partial charge in [0.25, 0.3) is 0 Å². The molecule has 0 unspecified atom stereocenters. The van der Waals surface area contributed by atoms with Crippen molar-refractivity contribution >= 4 is 33.9 Å². The smallest absolute Gasteiger partial charge is 0.242 e. The van der Waals surface area contributed by atoms with Crippen LogP contribution in [0.15, 0.2) is 53.2 Å². The number of rotatable bonds is 4. The number of hydrogen-bond acceptors (Lipinski definition) is 5. The standard InChI is InChI=1S/C18H16N4OS/c23-17-6-3-10-22(17)21-16(18-20-9-11-24-18)12-13-7-8-19-15-5-2-1-4-14(13)15/h1-2,4-5,7-9,11H,3,6,10,12H2/b21-16-. The molecule has 2 aromatic heterocycles. The average molecular weight is 336 g/mol. The van der Waals surface area contributed by atoms with Gasteiger partial charge in [-0.15, -0.1) is 11.3 Å². The van der Waals surface area contributed by atoms with Gasteiger partial charge in [-0.2, -0.15) is 5.10 Å². The Labute approximate surface area is 143 Å². The molecular formula is C18H16N4OS. The van der Waals surface area contributed by atoms with Crippen LogP contribution in [0.2, 0.25) is 0 Å². The fourth-order valence-electron chi connectivity index (χ4n) is 2.89. The number of carbonyl (C=O) groups excluding carboxylic acids is 1. The van der Waals surface area contributed by atoms with Gasteiger partial charge in [0, 0.05) is 42.5 Å². The third-order valence-electron chi connectivity index (χ3n) is 4.07. The van der Waals surface area contributed by atoms with Gasteiger partial charge in [0.2, 0.25) is 5.91 Å². The Balaban J connectivity index is 1.74. The van der Waals surface area contributed by atoms with Crippen LogP contribution in [0, 0.1) is 0 Å². The summed E-state index contributed by atoms with van der Waals surface area (Å²) in [6.07, 6.45) is 5.66. The van der Waals surface area contributed by atoms with E-state index in [2.05, 4.69) is 21.1 Å². The summed E-state index contributed by atoms with van der Waals surface area (Å²) < 4.78 is 0. The number of aromatic nitrogens is 2. The molecule has 1 saturated heterocycles. The summed E-state index contributed by atoms with van der Waals surface area (Å²) in [5, 5.41) is 10.1. The van der Waals surface area contributed by atoms with Crippen LogP contribution in [0.5, 0.6) is 0 Å². The molecule has 24 heavy (non-hydrogen) atoms. The fraction of sp³-hybridized carbons (Fsp3) is 0.222. The number of nitrogens with zero attached hydrogens (tertiary/aromatic N) is 4. The lowest BCUT2D eigenvalue weighted by Crippen LogP contribution is -2.21. The van der Waals surface area contributed by atoms with E-state index in [0.717, 1.165) is 33.6 Å². The Morgan fingerprint density at radius 3 is 2.92 bits per heavy atom. The van der Waals surface area contributed by atoms with Gasteiger partial charge in [0.05, 0.1) is 5.52 Å². The molecule has 5 nitrogen and oxygen atoms in total. The van der Waals surface area contributed by atoms with Crippen molar-refractivity contribution in [3.63, 3.8) is 0 Å². The molecule has 1 aliphatic heterocycles. The number of carbonyl (C=O) groups is 1. The second-order valence-electron chi connectivity index (χ2n) is 5.67. The second-order valence-corrected chi connectivity index (χ2v) is 6.56. The fourth-order valence-corrected chi connectivity index (χ4v) is 3.52. The van der Waals surface area contributed by atoms with E-state index in [-0.39, 0.29) is 5.91 Å². The zero-order chi connectivity index (χ0) is 16.4. The van der Waals surface area contributed by atoms with Gasteiger partial charge >= 0.3 is 0 Å². The molecule has 4 rings (SSSR count). The summed E-state index contributed by atoms with van der Waals surface area (Å²) in [5.41, 5.74) is 2.93. The normalized spacial score (nSPS) is 15.4. The number of para-hydroxylation sites is 1. The van der Waals surface area contributed by atoms with Crippen molar-refractivity contribution in [2.24, 2.45) is 5.10 Å². The van der Waals surface area contributed by atoms with E-state index in [1.807, 2.05) is 35.8 Å². The summed E-state index contributed by atoms with van der Waals surface area (Å²) in [5.74, 6) is 0.0867. The maximum absolute atomic E-state index is 11.9. The van der Waals surface area contributed by atoms with Crippen LogP contribution in [-0.2, 0) is 11.2 Å². The van der Waals surface area contributed by atoms with E-state index in [9.17, 15) is 4.79 Å². The number of benzene rings is 1. The molecule has 0 aliphatic carbocycles. The quantitative estimate of drug-likeness (QED) is 0.687. The predicted molar refractivity (Wildman–Crippen MR) is 95.0 cm³/mol. The summed E-state index contributed by atoms with van der Waals surface area (Å²) >= 11 is 1.54. The molecule has 0 radical (unpaired) electrons. The monoisotopic (exact) mass is 336 g/mol. The first-order chi connectivity index (χ1) is 11.8. The molecule has 6 heteroatoms. The van der Waals surface area contributed by atoms with Crippen molar-refractivity contribution in [2.75, 3.05) is 6.54 Å². The summed E-state index contributed by atoms with van der Waals surface area (Å²) in [6, 6.07) is 10.1. The third kappa shape index (κ3) is 2.92. The molecule has 0 N–H and O–H groups in total. The molecule has 120 valence electrons. The summed E-state index contributed by atoms with van der Waals surface area (Å²) in [6.45, 7) is 0.685. The molecule has 0 atom stereocenters. The van der Waals surface area contributed by atoms with E-state index in [0.29, 0.717) is 19.4 Å². The van der Waals surface area contributed by atoms with E-state index in [1.165, 1.54) is 0 Å². The minimum atomic E-state index is 0.0867. The van der Waals surface area contributed by atoms with Crippen molar-refractivity contribution < 1.29 is 4.79 Å². The molecule has 0 spiro atoms. The maximum atomic E-state index is 11.9. The van der Waals surface area contributed by atoms with Crippen molar-refractivity contribution in [1.29, 1.82) is 0 Å². The van der Waals surface area contributed by atoms with Crippen LogP contribution >= 0.6 is 11.3 Å². The first-order valence-corrected chi connectivity index (χ1v) is 8.79. The van der Waals surface area contributed by atoms with Gasteiger partial charge in [0.1, 0.15) is 10.7 Å². The maximum Gasteiger partial charge on any atom is 0.242 e. The largest absolute Gasteiger partial charge is 0.273 e. The lowest BCUT2D eigenvalue weighted by atomic mass is 10.0. The lowest BCUT2D eigenvalue weighted by Gasteiger charge is -2.12. The van der Waals surface area contributed by atoms with E-state index >= 15 is 0 Å². The first-order valence-electron chi connectivity index (χ1n) is 7.91. The second kappa shape index (κ2) is 6.49. The highest BCUT2D eigenvalue weighted by Gasteiger charge is 2.21. The van der Waals surface area contributed by atoms with Crippen LogP contribution in [0.25, 0.3) is 10.9 Å². The van der Waals surface area contributed by atoms with Crippen LogP contribution in [0.3, 0.4) is 0 Å². The Kier molecular flexibility index (Phi) is 4.04. The molecule has 1 aliphatic rings. The lowest BCUT2D eigenvalue weighted by molar-refractivity contribution is -0.127. The van der Waals surface area contributed by atoms with Gasteiger partial charge in [-0.05, 0) is 24.1 Å². The zero-order valence-corrected chi connectivity index (χ0v) is 13.9. The van der Waals surface area contributed by atoms with E-state index in [4.69, 9.17) is 0 Å². The molecule has 1 aromatic carbocycles. The van der Waals surface area contributed by atoms with Crippen molar-refractivity contribution in [3.8, 4) is 0 Å². The molecule has 0 bridgehead atoms. The van der Waals surface area contributed by atoms with Crippen LogP contribution in [-0.4, -0.2) is 33.1 Å². The summed E-state index contributed by atoms with van der Waals surface area (Å²) in [7, 11) is 0. The third-order valence-corrected chi connectivity index (χ3v) is 4.89. The Morgan fingerprint density at radius 2 is 2.12 bits per heavy atom. The minimum absolute atomic E-state index is 0.0867. The number of thiazole rings is 1. The molecule has 3 heterocycles. The average Bonchev–Trinajstić information content (AvgIpc) is 3.27. The highest BCUT2D eigenvalue weighted by molar-refractivity contribution is 7.11. The van der Waals surface area contributed by atoms with Crippen molar-refractivity contribution in [2.45, 2.75) is 19.3 Å². The van der Waals surface area contributed by atoms with Gasteiger partial charge in [-0.25, -0.2) is 9.99 Å². The van der Waals surface area contributed by atoms with Crippen LogP contribution in [0.1, 0.15) is 23.4 Å². The summed E-state index contributed by atoms with van der Waals surface area (Å²) in [4.78, 5) is 20.7. The highest BCUT2D eigenvalue weighted by atomic mass is 32.1. The Hall–Kier alpha value is -2.60. The number of fused-ring (bicyclic) bond motifs is 1. The highest BCUT2D eigenvalue weighted by Crippen LogP contribution is 2.20. The zero-order valence-electron chi connectivity index (χ0n) is 13.1. The van der Waals surface area contributed by atoms with Crippen LogP contribution in [0.4, 0.5) is 0 Å². The van der Waals surface area contributed by atoms with Gasteiger partial charge in [0.15, 0.2) is 0 Å².